The second kappa shape index (κ2) is 6.91. The third-order valence-corrected chi connectivity index (χ3v) is 2.95. The quantitative estimate of drug-likeness (QED) is 0.713. The second-order valence-electron chi connectivity index (χ2n) is 5.42. The minimum absolute atomic E-state index is 0.0573. The van der Waals surface area contributed by atoms with Gasteiger partial charge in [-0.15, -0.1) is 0 Å². The summed E-state index contributed by atoms with van der Waals surface area (Å²) in [7, 11) is 0. The largest absolute Gasteiger partial charge is 0.384 e. The topological polar surface area (TPSA) is 92.4 Å². The first-order valence-corrected chi connectivity index (χ1v) is 6.57. The fourth-order valence-electron chi connectivity index (χ4n) is 2.01. The Labute approximate surface area is 124 Å². The zero-order chi connectivity index (χ0) is 16.0. The Kier molecular flexibility index (Phi) is 5.51. The third kappa shape index (κ3) is 4.93. The summed E-state index contributed by atoms with van der Waals surface area (Å²) in [6, 6.07) is 5.20. The number of hydrogen-bond donors (Lipinski definition) is 3. The highest BCUT2D eigenvalue weighted by molar-refractivity contribution is 5.97. The number of rotatable bonds is 4. The summed E-state index contributed by atoms with van der Waals surface area (Å²) in [5, 5.41) is 11.5. The molecular weight excluding hydrogens is 268 g/mol. The van der Waals surface area contributed by atoms with Gasteiger partial charge in [0.05, 0.1) is 0 Å². The molecule has 1 aromatic rings. The van der Waals surface area contributed by atoms with Crippen molar-refractivity contribution in [2.24, 2.45) is 5.73 Å². The molecule has 5 heteroatoms. The van der Waals surface area contributed by atoms with Crippen molar-refractivity contribution in [2.45, 2.75) is 32.7 Å². The summed E-state index contributed by atoms with van der Waals surface area (Å²) >= 11 is 0. The van der Waals surface area contributed by atoms with E-state index in [-0.39, 0.29) is 18.9 Å². The number of benzene rings is 1. The lowest BCUT2D eigenvalue weighted by Crippen LogP contribution is -2.46. The summed E-state index contributed by atoms with van der Waals surface area (Å²) in [6.07, 6.45) is 0.0573. The number of hydrogen-bond acceptors (Lipinski definition) is 3. The van der Waals surface area contributed by atoms with Crippen LogP contribution < -0.4 is 11.1 Å². The van der Waals surface area contributed by atoms with Gasteiger partial charge in [0.2, 0.25) is 5.91 Å². The normalized spacial score (nSPS) is 10.5. The van der Waals surface area contributed by atoms with Crippen LogP contribution in [0.1, 0.15) is 41.8 Å². The van der Waals surface area contributed by atoms with Crippen LogP contribution in [0.2, 0.25) is 0 Å². The summed E-state index contributed by atoms with van der Waals surface area (Å²) in [4.78, 5) is 23.3. The van der Waals surface area contributed by atoms with E-state index >= 15 is 0 Å². The highest BCUT2D eigenvalue weighted by atomic mass is 16.2. The van der Waals surface area contributed by atoms with Crippen LogP contribution in [0.25, 0.3) is 0 Å². The Morgan fingerprint density at radius 1 is 1.38 bits per heavy atom. The van der Waals surface area contributed by atoms with Gasteiger partial charge >= 0.3 is 0 Å². The molecule has 1 rings (SSSR count). The molecule has 0 spiro atoms. The number of aliphatic hydroxyl groups excluding tert-OH is 1. The molecule has 0 aromatic heterocycles. The summed E-state index contributed by atoms with van der Waals surface area (Å²) < 4.78 is 0. The Morgan fingerprint density at radius 3 is 2.62 bits per heavy atom. The van der Waals surface area contributed by atoms with Gasteiger partial charge in [0, 0.05) is 23.1 Å². The summed E-state index contributed by atoms with van der Waals surface area (Å²) in [5.41, 5.74) is 6.35. The van der Waals surface area contributed by atoms with Crippen LogP contribution in [0, 0.1) is 18.8 Å². The fourth-order valence-corrected chi connectivity index (χ4v) is 2.01. The van der Waals surface area contributed by atoms with Crippen molar-refractivity contribution in [1.29, 1.82) is 0 Å². The van der Waals surface area contributed by atoms with Gasteiger partial charge in [-0.1, -0.05) is 17.9 Å². The molecule has 0 saturated heterocycles. The molecule has 0 heterocycles. The molecule has 0 aliphatic rings. The molecule has 112 valence electrons. The van der Waals surface area contributed by atoms with Crippen LogP contribution in [0.4, 0.5) is 0 Å². The lowest BCUT2D eigenvalue weighted by molar-refractivity contribution is -0.119. The number of aliphatic hydroxyl groups is 1. The van der Waals surface area contributed by atoms with Gasteiger partial charge in [-0.3, -0.25) is 9.59 Å². The van der Waals surface area contributed by atoms with Crippen molar-refractivity contribution in [3.63, 3.8) is 0 Å². The monoisotopic (exact) mass is 288 g/mol. The fraction of sp³-hybridized carbons (Fsp3) is 0.375. The molecule has 0 saturated carbocycles. The molecule has 0 bridgehead atoms. The van der Waals surface area contributed by atoms with Crippen molar-refractivity contribution in [2.75, 3.05) is 6.61 Å². The van der Waals surface area contributed by atoms with Gasteiger partial charge < -0.3 is 16.2 Å². The molecule has 1 aromatic carbocycles. The average Bonchev–Trinajstić information content (AvgIpc) is 2.35. The van der Waals surface area contributed by atoms with Gasteiger partial charge in [0.15, 0.2) is 0 Å². The zero-order valence-electron chi connectivity index (χ0n) is 12.5. The number of carbonyl (C=O) groups is 2. The molecule has 2 amide bonds. The Balaban J connectivity index is 3.01. The van der Waals surface area contributed by atoms with Crippen LogP contribution in [0.3, 0.4) is 0 Å². The lowest BCUT2D eigenvalue weighted by atomic mass is 9.97. The first-order chi connectivity index (χ1) is 9.76. The Morgan fingerprint density at radius 2 is 2.05 bits per heavy atom. The number of amides is 2. The minimum Gasteiger partial charge on any atom is -0.384 e. The van der Waals surface area contributed by atoms with E-state index in [1.165, 1.54) is 0 Å². The van der Waals surface area contributed by atoms with E-state index in [1.807, 2.05) is 0 Å². The second-order valence-corrected chi connectivity index (χ2v) is 5.42. The van der Waals surface area contributed by atoms with Gasteiger partial charge in [0.25, 0.3) is 5.91 Å². The van der Waals surface area contributed by atoms with Crippen molar-refractivity contribution in [3.8, 4) is 11.8 Å². The van der Waals surface area contributed by atoms with Gasteiger partial charge in [0.1, 0.15) is 6.61 Å². The molecule has 5 nitrogen and oxygen atoms in total. The van der Waals surface area contributed by atoms with E-state index in [9.17, 15) is 9.59 Å². The highest BCUT2D eigenvalue weighted by Crippen LogP contribution is 2.15. The SMILES string of the molecule is Cc1c(C#CCO)cccc1C(=O)NC(C)(C)CC(N)=O. The number of primary amides is 1. The molecule has 0 atom stereocenters. The maximum atomic E-state index is 12.3. The van der Waals surface area contributed by atoms with Gasteiger partial charge in [-0.05, 0) is 38.5 Å². The maximum Gasteiger partial charge on any atom is 0.252 e. The predicted octanol–water partition coefficient (Wildman–Crippen LogP) is 0.723. The van der Waals surface area contributed by atoms with E-state index in [0.29, 0.717) is 11.1 Å². The smallest absolute Gasteiger partial charge is 0.252 e. The first-order valence-electron chi connectivity index (χ1n) is 6.57. The third-order valence-electron chi connectivity index (χ3n) is 2.95. The van der Waals surface area contributed by atoms with Crippen molar-refractivity contribution < 1.29 is 14.7 Å². The molecule has 4 N–H and O–H groups in total. The highest BCUT2D eigenvalue weighted by Gasteiger charge is 2.24. The average molecular weight is 288 g/mol. The minimum atomic E-state index is -0.720. The molecule has 0 fully saturated rings. The van der Waals surface area contributed by atoms with E-state index < -0.39 is 11.4 Å². The molecule has 0 aliphatic heterocycles. The molecular formula is C16H20N2O3. The molecule has 0 radical (unpaired) electrons. The molecule has 21 heavy (non-hydrogen) atoms. The summed E-state index contributed by atoms with van der Waals surface area (Å²) in [6.45, 7) is 5.03. The number of nitrogens with two attached hydrogens (primary N) is 1. The van der Waals surface area contributed by atoms with Crippen molar-refractivity contribution in [3.05, 3.63) is 34.9 Å². The number of nitrogens with one attached hydrogen (secondary N) is 1. The predicted molar refractivity (Wildman–Crippen MR) is 80.5 cm³/mol. The van der Waals surface area contributed by atoms with Crippen LogP contribution in [0.15, 0.2) is 18.2 Å². The first kappa shape index (κ1) is 16.7. The lowest BCUT2D eigenvalue weighted by Gasteiger charge is -2.25. The van der Waals surface area contributed by atoms with Crippen LogP contribution in [0.5, 0.6) is 0 Å². The standard InChI is InChI=1S/C16H20N2O3/c1-11-12(7-5-9-19)6-4-8-13(11)15(21)18-16(2,3)10-14(17)20/h4,6,8,19H,9-10H2,1-3H3,(H2,17,20)(H,18,21). The van der Waals surface area contributed by atoms with Crippen LogP contribution in [-0.2, 0) is 4.79 Å². The maximum absolute atomic E-state index is 12.3. The van der Waals surface area contributed by atoms with Crippen molar-refractivity contribution in [1.82, 2.24) is 5.32 Å². The molecule has 0 aliphatic carbocycles. The van der Waals surface area contributed by atoms with Crippen LogP contribution >= 0.6 is 0 Å². The van der Waals surface area contributed by atoms with E-state index in [2.05, 4.69) is 17.2 Å². The van der Waals surface area contributed by atoms with E-state index in [4.69, 9.17) is 10.8 Å². The number of carbonyl (C=O) groups excluding carboxylic acids is 2. The zero-order valence-corrected chi connectivity index (χ0v) is 12.5. The van der Waals surface area contributed by atoms with Crippen LogP contribution in [-0.4, -0.2) is 29.1 Å². The van der Waals surface area contributed by atoms with E-state index in [1.54, 1.807) is 39.0 Å². The Hall–Kier alpha value is -2.32. The van der Waals surface area contributed by atoms with E-state index in [0.717, 1.165) is 5.56 Å². The van der Waals surface area contributed by atoms with Gasteiger partial charge in [-0.2, -0.15) is 0 Å². The van der Waals surface area contributed by atoms with Crippen molar-refractivity contribution >= 4 is 11.8 Å². The Bertz CT molecular complexity index is 610. The molecule has 0 unspecified atom stereocenters. The van der Waals surface area contributed by atoms with Gasteiger partial charge in [-0.25, -0.2) is 0 Å². The summed E-state index contributed by atoms with van der Waals surface area (Å²) in [5.74, 6) is 4.60.